The van der Waals surface area contributed by atoms with Crippen LogP contribution in [0, 0.1) is 17.2 Å². The van der Waals surface area contributed by atoms with E-state index >= 15 is 0 Å². The zero-order valence-electron chi connectivity index (χ0n) is 11.0. The number of para-hydroxylation sites is 1. The van der Waals surface area contributed by atoms with E-state index in [1.54, 1.807) is 18.2 Å². The van der Waals surface area contributed by atoms with E-state index in [-0.39, 0.29) is 17.2 Å². The Bertz CT molecular complexity index is 511. The molecule has 0 radical (unpaired) electrons. The van der Waals surface area contributed by atoms with Crippen LogP contribution in [0.25, 0.3) is 0 Å². The van der Waals surface area contributed by atoms with Crippen molar-refractivity contribution in [1.29, 1.82) is 5.26 Å². The second-order valence-electron chi connectivity index (χ2n) is 5.35. The Morgan fingerprint density at radius 2 is 2.05 bits per heavy atom. The van der Waals surface area contributed by atoms with E-state index < -0.39 is 5.54 Å². The van der Waals surface area contributed by atoms with Crippen LogP contribution in [0.3, 0.4) is 0 Å². The Morgan fingerprint density at radius 3 is 2.63 bits per heavy atom. The third kappa shape index (κ3) is 2.87. The molecule has 0 atom stereocenters. The van der Waals surface area contributed by atoms with Gasteiger partial charge >= 0.3 is 0 Å². The summed E-state index contributed by atoms with van der Waals surface area (Å²) in [5.74, 6) is 0.162. The highest BCUT2D eigenvalue weighted by molar-refractivity contribution is 5.97. The van der Waals surface area contributed by atoms with Gasteiger partial charge in [-0.05, 0) is 43.7 Å². The Hall–Kier alpha value is -2.02. The first kappa shape index (κ1) is 13.4. The van der Waals surface area contributed by atoms with E-state index in [9.17, 15) is 15.2 Å². The van der Waals surface area contributed by atoms with E-state index in [4.69, 9.17) is 0 Å². The molecule has 0 heterocycles. The number of hydrogen-bond acceptors (Lipinski definition) is 3. The van der Waals surface area contributed by atoms with Crippen LogP contribution < -0.4 is 5.32 Å². The van der Waals surface area contributed by atoms with Crippen LogP contribution in [0.2, 0.25) is 0 Å². The number of carbonyl (C=O) groups is 1. The van der Waals surface area contributed by atoms with Gasteiger partial charge in [-0.1, -0.05) is 19.1 Å². The fourth-order valence-electron chi connectivity index (χ4n) is 2.47. The van der Waals surface area contributed by atoms with Gasteiger partial charge in [0.2, 0.25) is 0 Å². The smallest absolute Gasteiger partial charge is 0.256 e. The fraction of sp³-hybridized carbons (Fsp3) is 0.467. The standard InChI is InChI=1S/C15H18N2O2/c1-11-6-8-15(10-16,9-7-11)17-14(19)12-4-2-3-5-13(12)18/h2-5,11,18H,6-9H2,1H3,(H,17,19). The van der Waals surface area contributed by atoms with E-state index in [0.717, 1.165) is 12.8 Å². The number of phenols is 1. The van der Waals surface area contributed by atoms with Crippen molar-refractivity contribution in [2.24, 2.45) is 5.92 Å². The van der Waals surface area contributed by atoms with Gasteiger partial charge < -0.3 is 10.4 Å². The lowest BCUT2D eigenvalue weighted by atomic mass is 9.78. The Kier molecular flexibility index (Phi) is 3.75. The number of benzene rings is 1. The lowest BCUT2D eigenvalue weighted by molar-refractivity contribution is 0.0891. The van der Waals surface area contributed by atoms with Crippen molar-refractivity contribution in [1.82, 2.24) is 5.32 Å². The number of nitrogens with zero attached hydrogens (tertiary/aromatic N) is 1. The van der Waals surface area contributed by atoms with Crippen LogP contribution in [0.1, 0.15) is 43.0 Å². The number of aromatic hydroxyl groups is 1. The Labute approximate surface area is 113 Å². The number of hydrogen-bond donors (Lipinski definition) is 2. The van der Waals surface area contributed by atoms with E-state index in [1.807, 2.05) is 0 Å². The summed E-state index contributed by atoms with van der Waals surface area (Å²) in [6, 6.07) is 8.62. The summed E-state index contributed by atoms with van der Waals surface area (Å²) in [5, 5.41) is 21.8. The molecule has 4 heteroatoms. The van der Waals surface area contributed by atoms with Crippen molar-refractivity contribution < 1.29 is 9.90 Å². The molecule has 2 N–H and O–H groups in total. The molecule has 1 aliphatic carbocycles. The number of phenolic OH excluding ortho intramolecular Hbond substituents is 1. The number of nitriles is 1. The zero-order valence-corrected chi connectivity index (χ0v) is 11.0. The Morgan fingerprint density at radius 1 is 1.42 bits per heavy atom. The van der Waals surface area contributed by atoms with Gasteiger partial charge in [-0.15, -0.1) is 0 Å². The summed E-state index contributed by atoms with van der Waals surface area (Å²) in [6.45, 7) is 2.16. The van der Waals surface area contributed by atoms with Crippen LogP contribution >= 0.6 is 0 Å². The van der Waals surface area contributed by atoms with Crippen LogP contribution in [-0.4, -0.2) is 16.6 Å². The molecule has 0 bridgehead atoms. The lowest BCUT2D eigenvalue weighted by Crippen LogP contribution is -2.49. The quantitative estimate of drug-likeness (QED) is 0.856. The van der Waals surface area contributed by atoms with Gasteiger partial charge in [-0.2, -0.15) is 5.26 Å². The van der Waals surface area contributed by atoms with Crippen molar-refractivity contribution in [3.63, 3.8) is 0 Å². The van der Waals surface area contributed by atoms with E-state index in [2.05, 4.69) is 18.3 Å². The molecule has 1 fully saturated rings. The number of carbonyl (C=O) groups excluding carboxylic acids is 1. The van der Waals surface area contributed by atoms with Crippen molar-refractivity contribution in [3.8, 4) is 11.8 Å². The zero-order chi connectivity index (χ0) is 13.9. The van der Waals surface area contributed by atoms with Crippen LogP contribution in [0.15, 0.2) is 24.3 Å². The average molecular weight is 258 g/mol. The maximum Gasteiger partial charge on any atom is 0.256 e. The largest absolute Gasteiger partial charge is 0.507 e. The topological polar surface area (TPSA) is 73.1 Å². The molecular formula is C15H18N2O2. The number of nitrogens with one attached hydrogen (secondary N) is 1. The Balaban J connectivity index is 2.14. The summed E-state index contributed by atoms with van der Waals surface area (Å²) in [7, 11) is 0. The van der Waals surface area contributed by atoms with Gasteiger partial charge in [0.1, 0.15) is 11.3 Å². The third-order valence-electron chi connectivity index (χ3n) is 3.84. The van der Waals surface area contributed by atoms with Crippen LogP contribution in [-0.2, 0) is 0 Å². The first-order valence-electron chi connectivity index (χ1n) is 6.58. The predicted octanol–water partition coefficient (Wildman–Crippen LogP) is 2.59. The molecule has 2 rings (SSSR count). The minimum Gasteiger partial charge on any atom is -0.507 e. The van der Waals surface area contributed by atoms with Crippen molar-refractivity contribution in [3.05, 3.63) is 29.8 Å². The minimum atomic E-state index is -0.786. The predicted molar refractivity (Wildman–Crippen MR) is 71.5 cm³/mol. The van der Waals surface area contributed by atoms with E-state index in [0.29, 0.717) is 18.8 Å². The molecule has 19 heavy (non-hydrogen) atoms. The molecule has 4 nitrogen and oxygen atoms in total. The first-order valence-corrected chi connectivity index (χ1v) is 6.58. The maximum atomic E-state index is 12.2. The summed E-state index contributed by atoms with van der Waals surface area (Å²) in [6.07, 6.45) is 3.22. The van der Waals surface area contributed by atoms with Gasteiger partial charge in [0.05, 0.1) is 11.6 Å². The third-order valence-corrected chi connectivity index (χ3v) is 3.84. The molecule has 0 spiro atoms. The molecule has 0 aromatic heterocycles. The molecule has 1 amide bonds. The highest BCUT2D eigenvalue weighted by Gasteiger charge is 2.36. The molecule has 0 aliphatic heterocycles. The molecule has 1 aromatic rings. The number of rotatable bonds is 2. The van der Waals surface area contributed by atoms with Gasteiger partial charge in [0.25, 0.3) is 5.91 Å². The molecule has 100 valence electrons. The normalized spacial score (nSPS) is 26.4. The molecule has 1 aliphatic rings. The highest BCUT2D eigenvalue weighted by Crippen LogP contribution is 2.32. The molecule has 1 aromatic carbocycles. The summed E-state index contributed by atoms with van der Waals surface area (Å²) in [5.41, 5.74) is -0.568. The van der Waals surface area contributed by atoms with Gasteiger partial charge in [-0.3, -0.25) is 4.79 Å². The highest BCUT2D eigenvalue weighted by atomic mass is 16.3. The molecule has 0 saturated heterocycles. The SMILES string of the molecule is CC1CCC(C#N)(NC(=O)c2ccccc2O)CC1. The molecule has 1 saturated carbocycles. The first-order chi connectivity index (χ1) is 9.06. The monoisotopic (exact) mass is 258 g/mol. The molecular weight excluding hydrogens is 240 g/mol. The van der Waals surface area contributed by atoms with Crippen molar-refractivity contribution in [2.75, 3.05) is 0 Å². The van der Waals surface area contributed by atoms with Crippen LogP contribution in [0.5, 0.6) is 5.75 Å². The second-order valence-corrected chi connectivity index (χ2v) is 5.35. The second kappa shape index (κ2) is 5.31. The summed E-state index contributed by atoms with van der Waals surface area (Å²) < 4.78 is 0. The van der Waals surface area contributed by atoms with Gasteiger partial charge in [-0.25, -0.2) is 0 Å². The van der Waals surface area contributed by atoms with Gasteiger partial charge in [0, 0.05) is 0 Å². The van der Waals surface area contributed by atoms with Crippen molar-refractivity contribution >= 4 is 5.91 Å². The average Bonchev–Trinajstić information content (AvgIpc) is 2.42. The maximum absolute atomic E-state index is 12.2. The minimum absolute atomic E-state index is 0.0581. The summed E-state index contributed by atoms with van der Waals surface area (Å²) in [4.78, 5) is 12.2. The fourth-order valence-corrected chi connectivity index (χ4v) is 2.47. The molecule has 0 unspecified atom stereocenters. The number of amides is 1. The lowest BCUT2D eigenvalue weighted by Gasteiger charge is -2.34. The van der Waals surface area contributed by atoms with Crippen LogP contribution in [0.4, 0.5) is 0 Å². The van der Waals surface area contributed by atoms with Gasteiger partial charge in [0.15, 0.2) is 0 Å². The van der Waals surface area contributed by atoms with E-state index in [1.165, 1.54) is 6.07 Å². The summed E-state index contributed by atoms with van der Waals surface area (Å²) >= 11 is 0. The van der Waals surface area contributed by atoms with Crippen molar-refractivity contribution in [2.45, 2.75) is 38.1 Å².